The van der Waals surface area contributed by atoms with Gasteiger partial charge in [0.25, 0.3) is 0 Å². The lowest BCUT2D eigenvalue weighted by molar-refractivity contribution is -0.274. The van der Waals surface area contributed by atoms with E-state index in [1.807, 2.05) is 18.7 Å². The van der Waals surface area contributed by atoms with Crippen molar-refractivity contribution in [2.75, 3.05) is 24.2 Å². The molecule has 1 saturated heterocycles. The van der Waals surface area contributed by atoms with E-state index in [4.69, 9.17) is 17.0 Å². The third-order valence-corrected chi connectivity index (χ3v) is 4.91. The number of rotatable bonds is 4. The van der Waals surface area contributed by atoms with Gasteiger partial charge in [0.2, 0.25) is 5.91 Å². The lowest BCUT2D eigenvalue weighted by atomic mass is 10.2. The van der Waals surface area contributed by atoms with Crippen LogP contribution in [-0.2, 0) is 9.53 Å². The minimum Gasteiger partial charge on any atom is -0.404 e. The number of thiocarbonyl (C=S) groups is 1. The standard InChI is InChI=1S/C16H19F3N2O3S2/c1-10-7-21(8-11(2)23-10)15(25)26-9-14(22)20-12-5-3-4-6-13(12)24-16(17,18)19/h3-6,10-11H,7-9H2,1-2H3,(H,20,22). The van der Waals surface area contributed by atoms with Gasteiger partial charge in [-0.15, -0.1) is 13.2 Å². The summed E-state index contributed by atoms with van der Waals surface area (Å²) in [4.78, 5) is 14.0. The Hall–Kier alpha value is -1.52. The van der Waals surface area contributed by atoms with Crippen LogP contribution in [0.25, 0.3) is 0 Å². The molecule has 2 rings (SSSR count). The van der Waals surface area contributed by atoms with Gasteiger partial charge in [-0.25, -0.2) is 0 Å². The number of alkyl halides is 3. The Morgan fingerprint density at radius 2 is 1.96 bits per heavy atom. The molecular formula is C16H19F3N2O3S2. The molecule has 2 atom stereocenters. The number of halogens is 3. The summed E-state index contributed by atoms with van der Waals surface area (Å²) in [6.45, 7) is 5.17. The van der Waals surface area contributed by atoms with Crippen molar-refractivity contribution < 1.29 is 27.4 Å². The molecule has 0 spiro atoms. The molecule has 144 valence electrons. The Morgan fingerprint density at radius 1 is 1.35 bits per heavy atom. The van der Waals surface area contributed by atoms with Crippen LogP contribution in [0, 0.1) is 0 Å². The Bertz CT molecular complexity index is 648. The first kappa shape index (κ1) is 20.8. The smallest absolute Gasteiger partial charge is 0.404 e. The number of para-hydroxylation sites is 2. The highest BCUT2D eigenvalue weighted by Crippen LogP contribution is 2.30. The number of carbonyl (C=O) groups excluding carboxylic acids is 1. The average Bonchev–Trinajstić information content (AvgIpc) is 2.52. The first-order chi connectivity index (χ1) is 12.1. The summed E-state index contributed by atoms with van der Waals surface area (Å²) in [7, 11) is 0. The van der Waals surface area contributed by atoms with Crippen molar-refractivity contribution >= 4 is 39.9 Å². The van der Waals surface area contributed by atoms with E-state index in [2.05, 4.69) is 10.1 Å². The first-order valence-corrected chi connectivity index (χ1v) is 9.25. The lowest BCUT2D eigenvalue weighted by Crippen LogP contribution is -2.47. The molecule has 1 aromatic rings. The molecule has 1 amide bonds. The monoisotopic (exact) mass is 408 g/mol. The highest BCUT2D eigenvalue weighted by atomic mass is 32.2. The summed E-state index contributed by atoms with van der Waals surface area (Å²) < 4.78 is 47.3. The molecule has 5 nitrogen and oxygen atoms in total. The van der Waals surface area contributed by atoms with Crippen molar-refractivity contribution in [3.8, 4) is 5.75 Å². The van der Waals surface area contributed by atoms with Crippen LogP contribution in [-0.4, -0.2) is 52.5 Å². The van der Waals surface area contributed by atoms with Crippen LogP contribution in [0.5, 0.6) is 5.75 Å². The number of carbonyl (C=O) groups is 1. The van der Waals surface area contributed by atoms with Gasteiger partial charge in [0.15, 0.2) is 5.75 Å². The average molecular weight is 408 g/mol. The van der Waals surface area contributed by atoms with Gasteiger partial charge >= 0.3 is 6.36 Å². The largest absolute Gasteiger partial charge is 0.573 e. The summed E-state index contributed by atoms with van der Waals surface area (Å²) in [6.07, 6.45) is -4.75. The molecule has 10 heteroatoms. The van der Waals surface area contributed by atoms with Gasteiger partial charge in [-0.2, -0.15) is 0 Å². The molecule has 0 bridgehead atoms. The van der Waals surface area contributed by atoms with Crippen LogP contribution >= 0.6 is 24.0 Å². The Balaban J connectivity index is 1.88. The zero-order valence-electron chi connectivity index (χ0n) is 14.2. The molecule has 0 aromatic heterocycles. The zero-order valence-corrected chi connectivity index (χ0v) is 15.8. The summed E-state index contributed by atoms with van der Waals surface area (Å²) in [5.41, 5.74) is -0.0463. The maximum Gasteiger partial charge on any atom is 0.573 e. The molecule has 1 heterocycles. The van der Waals surface area contributed by atoms with Gasteiger partial charge in [-0.05, 0) is 26.0 Å². The van der Waals surface area contributed by atoms with Gasteiger partial charge in [-0.1, -0.05) is 36.1 Å². The van der Waals surface area contributed by atoms with Gasteiger partial charge in [0, 0.05) is 13.1 Å². The van der Waals surface area contributed by atoms with Crippen LogP contribution in [0.4, 0.5) is 18.9 Å². The van der Waals surface area contributed by atoms with Gasteiger partial charge in [0.05, 0.1) is 23.6 Å². The maximum atomic E-state index is 12.4. The second-order valence-electron chi connectivity index (χ2n) is 5.81. The Labute approximate surface area is 159 Å². The highest BCUT2D eigenvalue weighted by Gasteiger charge is 2.32. The van der Waals surface area contributed by atoms with Crippen LogP contribution < -0.4 is 10.1 Å². The number of nitrogens with zero attached hydrogens (tertiary/aromatic N) is 1. The quantitative estimate of drug-likeness (QED) is 0.768. The van der Waals surface area contributed by atoms with E-state index in [0.29, 0.717) is 17.4 Å². The predicted molar refractivity (Wildman–Crippen MR) is 98.4 cm³/mol. The fraction of sp³-hybridized carbons (Fsp3) is 0.500. The van der Waals surface area contributed by atoms with E-state index in [9.17, 15) is 18.0 Å². The van der Waals surface area contributed by atoms with E-state index in [-0.39, 0.29) is 23.6 Å². The Morgan fingerprint density at radius 3 is 2.58 bits per heavy atom. The molecule has 0 saturated carbocycles. The van der Waals surface area contributed by atoms with Crippen molar-refractivity contribution in [2.45, 2.75) is 32.4 Å². The third kappa shape index (κ3) is 6.65. The van der Waals surface area contributed by atoms with E-state index < -0.39 is 18.0 Å². The molecule has 26 heavy (non-hydrogen) atoms. The lowest BCUT2D eigenvalue weighted by Gasteiger charge is -2.36. The van der Waals surface area contributed by atoms with Crippen LogP contribution in [0.3, 0.4) is 0 Å². The van der Waals surface area contributed by atoms with Crippen molar-refractivity contribution in [2.24, 2.45) is 0 Å². The second kappa shape index (κ2) is 8.92. The van der Waals surface area contributed by atoms with E-state index >= 15 is 0 Å². The maximum absolute atomic E-state index is 12.4. The minimum atomic E-state index is -4.83. The van der Waals surface area contributed by atoms with Gasteiger partial charge in [-0.3, -0.25) is 4.79 Å². The minimum absolute atomic E-state index is 0.0146. The first-order valence-electron chi connectivity index (χ1n) is 7.86. The van der Waals surface area contributed by atoms with Crippen molar-refractivity contribution in [1.82, 2.24) is 4.90 Å². The van der Waals surface area contributed by atoms with Crippen molar-refractivity contribution in [3.63, 3.8) is 0 Å². The number of amides is 1. The normalized spacial score (nSPS) is 20.6. The summed E-state index contributed by atoms with van der Waals surface area (Å²) in [6, 6.07) is 5.37. The van der Waals surface area contributed by atoms with Gasteiger partial charge < -0.3 is 19.7 Å². The highest BCUT2D eigenvalue weighted by molar-refractivity contribution is 8.23. The van der Waals surface area contributed by atoms with Crippen molar-refractivity contribution in [3.05, 3.63) is 24.3 Å². The van der Waals surface area contributed by atoms with E-state index in [0.717, 1.165) is 17.8 Å². The van der Waals surface area contributed by atoms with Crippen LogP contribution in [0.2, 0.25) is 0 Å². The third-order valence-electron chi connectivity index (χ3n) is 3.39. The molecular weight excluding hydrogens is 389 g/mol. The summed E-state index contributed by atoms with van der Waals surface area (Å²) in [5.74, 6) is -0.944. The molecule has 2 unspecified atom stereocenters. The van der Waals surface area contributed by atoms with E-state index in [1.54, 1.807) is 0 Å². The predicted octanol–water partition coefficient (Wildman–Crippen LogP) is 3.65. The van der Waals surface area contributed by atoms with E-state index in [1.165, 1.54) is 18.2 Å². The molecule has 1 fully saturated rings. The SMILES string of the molecule is CC1CN(C(=S)SCC(=O)Nc2ccccc2OC(F)(F)F)CC(C)O1. The molecule has 0 radical (unpaired) electrons. The van der Waals surface area contributed by atoms with Crippen LogP contribution in [0.15, 0.2) is 24.3 Å². The Kier molecular flexibility index (Phi) is 7.13. The summed E-state index contributed by atoms with van der Waals surface area (Å²) >= 11 is 6.50. The fourth-order valence-electron chi connectivity index (χ4n) is 2.52. The van der Waals surface area contributed by atoms with Crippen molar-refractivity contribution in [1.29, 1.82) is 0 Å². The fourth-order valence-corrected chi connectivity index (χ4v) is 3.50. The number of anilines is 1. The molecule has 1 aliphatic rings. The molecule has 1 aromatic carbocycles. The topological polar surface area (TPSA) is 50.8 Å². The number of benzene rings is 1. The summed E-state index contributed by atoms with van der Waals surface area (Å²) in [5, 5.41) is 2.42. The number of nitrogens with one attached hydrogen (secondary N) is 1. The number of hydrogen-bond acceptors (Lipinski definition) is 5. The molecule has 0 aliphatic carbocycles. The number of thioether (sulfide) groups is 1. The zero-order chi connectivity index (χ0) is 19.3. The van der Waals surface area contributed by atoms with Gasteiger partial charge in [0.1, 0.15) is 4.32 Å². The molecule has 1 aliphatic heterocycles. The number of morpholine rings is 1. The number of ether oxygens (including phenoxy) is 2. The molecule has 1 N–H and O–H groups in total. The van der Waals surface area contributed by atoms with Crippen LogP contribution in [0.1, 0.15) is 13.8 Å². The number of hydrogen-bond donors (Lipinski definition) is 1. The second-order valence-corrected chi connectivity index (χ2v) is 7.42.